The Hall–Kier alpha value is -5.13. The van der Waals surface area contributed by atoms with Gasteiger partial charge in [0.25, 0.3) is 11.8 Å². The van der Waals surface area contributed by atoms with Gasteiger partial charge in [0.15, 0.2) is 0 Å². The van der Waals surface area contributed by atoms with Gasteiger partial charge < -0.3 is 30.7 Å². The van der Waals surface area contributed by atoms with Gasteiger partial charge in [-0.05, 0) is 62.8 Å². The number of ether oxygens (including phenoxy) is 2. The molecule has 0 aromatic heterocycles. The standard InChI is InChI=1S/C42H56N4O7/c1-11-21-53-46-39(28(6)12-2)36(52-10)23-27(5)22-33-38(45-42(50)31-18-14-13-15-19-31)30(8)24-34(40(33)48)44-41(49)29(7)17-16-20-35(51-9)32(26(3)4)25-37(43)47/h11,13-20,24,27-28,32,35-36H,1,3,8,12,21-23,25H2,2,4-7,9-10H3,(H2,43,47)(H,44,49)(H,45,50)/b20-16-,29-17+,46-39+/t27-,28+,32?,35?,36?/m1/s1. The number of Topliss-reactive ketones (excluding diaryl/α,β-unsaturated/α-hetero) is 1. The van der Waals surface area contributed by atoms with Gasteiger partial charge in [0.05, 0.1) is 29.3 Å². The first-order valence-electron chi connectivity index (χ1n) is 17.7. The van der Waals surface area contributed by atoms with E-state index < -0.39 is 35.7 Å². The molecule has 0 saturated heterocycles. The molecule has 11 nitrogen and oxygen atoms in total. The highest BCUT2D eigenvalue weighted by Gasteiger charge is 2.31. The number of benzene rings is 1. The van der Waals surface area contributed by atoms with E-state index in [1.165, 1.54) is 13.2 Å². The van der Waals surface area contributed by atoms with Crippen molar-refractivity contribution in [1.29, 1.82) is 0 Å². The maximum absolute atomic E-state index is 14.2. The zero-order valence-corrected chi connectivity index (χ0v) is 32.2. The first-order chi connectivity index (χ1) is 25.2. The highest BCUT2D eigenvalue weighted by molar-refractivity contribution is 6.14. The molecule has 0 heterocycles. The second-order valence-electron chi connectivity index (χ2n) is 13.3. The summed E-state index contributed by atoms with van der Waals surface area (Å²) in [4.78, 5) is 57.9. The lowest BCUT2D eigenvalue weighted by Gasteiger charge is -2.27. The molecule has 286 valence electrons. The molecule has 0 spiro atoms. The van der Waals surface area contributed by atoms with E-state index in [1.807, 2.05) is 13.8 Å². The number of nitrogens with one attached hydrogen (secondary N) is 2. The van der Waals surface area contributed by atoms with E-state index in [0.717, 1.165) is 17.7 Å². The number of allylic oxidation sites excluding steroid dienone is 4. The summed E-state index contributed by atoms with van der Waals surface area (Å²) in [6, 6.07) is 8.66. The number of nitrogens with two attached hydrogens (primary N) is 1. The van der Waals surface area contributed by atoms with Crippen molar-refractivity contribution >= 4 is 29.2 Å². The zero-order chi connectivity index (χ0) is 39.7. The maximum atomic E-state index is 14.2. The molecule has 0 fully saturated rings. The lowest BCUT2D eigenvalue weighted by Crippen LogP contribution is -2.35. The highest BCUT2D eigenvalue weighted by atomic mass is 16.6. The van der Waals surface area contributed by atoms with Crippen LogP contribution in [0.4, 0.5) is 0 Å². The highest BCUT2D eigenvalue weighted by Crippen LogP contribution is 2.30. The average Bonchev–Trinajstić information content (AvgIpc) is 3.13. The number of methoxy groups -OCH3 is 2. The second-order valence-corrected chi connectivity index (χ2v) is 13.3. The molecule has 0 radical (unpaired) electrons. The van der Waals surface area contributed by atoms with Crippen LogP contribution in [0, 0.1) is 17.8 Å². The summed E-state index contributed by atoms with van der Waals surface area (Å²) in [6.07, 6.45) is 8.73. The first kappa shape index (κ1) is 44.0. The van der Waals surface area contributed by atoms with Crippen LogP contribution in [0.5, 0.6) is 0 Å². The van der Waals surface area contributed by atoms with E-state index in [-0.39, 0.29) is 48.6 Å². The molecule has 4 N–H and O–H groups in total. The normalized spacial score (nSPS) is 16.7. The molecule has 1 aliphatic carbocycles. The summed E-state index contributed by atoms with van der Waals surface area (Å²) in [5.41, 5.74) is 8.59. The van der Waals surface area contributed by atoms with Crippen molar-refractivity contribution in [3.63, 3.8) is 0 Å². The molecule has 53 heavy (non-hydrogen) atoms. The Balaban J connectivity index is 2.41. The number of oxime groups is 1. The van der Waals surface area contributed by atoms with Gasteiger partial charge in [0, 0.05) is 49.2 Å². The number of carbonyl (C=O) groups is 4. The minimum absolute atomic E-state index is 0.0261. The summed E-state index contributed by atoms with van der Waals surface area (Å²) in [5.74, 6) is -2.24. The van der Waals surface area contributed by atoms with Crippen LogP contribution in [0.1, 0.15) is 70.7 Å². The molecule has 1 aromatic carbocycles. The van der Waals surface area contributed by atoms with E-state index in [9.17, 15) is 19.2 Å². The van der Waals surface area contributed by atoms with Crippen molar-refractivity contribution in [3.8, 4) is 0 Å². The van der Waals surface area contributed by atoms with Crippen LogP contribution in [0.2, 0.25) is 0 Å². The summed E-state index contributed by atoms with van der Waals surface area (Å²) < 4.78 is 11.4. The minimum atomic E-state index is -0.512. The second kappa shape index (κ2) is 22.1. The molecule has 11 heteroatoms. The monoisotopic (exact) mass is 728 g/mol. The number of amides is 3. The SMILES string of the molecule is C=CCO/N=C(/C(C[C@H](C)CC1=C(NC(=O)c2ccccc2)C(=C)C=C(NC(=O)/C(C)=C/C=C\C(OC)C(CC(N)=O)C(=C)C)C1=O)OC)[C@@H](C)CC. The fourth-order valence-electron chi connectivity index (χ4n) is 5.75. The zero-order valence-electron chi connectivity index (χ0n) is 32.2. The Kier molecular flexibility index (Phi) is 18.3. The van der Waals surface area contributed by atoms with Gasteiger partial charge in [-0.15, -0.1) is 0 Å². The van der Waals surface area contributed by atoms with Gasteiger partial charge in [0.1, 0.15) is 6.61 Å². The topological polar surface area (TPSA) is 158 Å². The molecule has 0 bridgehead atoms. The predicted octanol–water partition coefficient (Wildman–Crippen LogP) is 6.43. The average molecular weight is 729 g/mol. The third kappa shape index (κ3) is 13.4. The van der Waals surface area contributed by atoms with Crippen molar-refractivity contribution < 1.29 is 33.5 Å². The van der Waals surface area contributed by atoms with E-state index in [4.69, 9.17) is 20.0 Å². The molecule has 1 aromatic rings. The number of nitrogens with zero attached hydrogens (tertiary/aromatic N) is 1. The molecular weight excluding hydrogens is 672 g/mol. The number of ketones is 1. The van der Waals surface area contributed by atoms with Crippen molar-refractivity contribution in [2.45, 2.75) is 72.5 Å². The van der Waals surface area contributed by atoms with Crippen molar-refractivity contribution in [2.24, 2.45) is 28.6 Å². The Labute approximate surface area is 314 Å². The van der Waals surface area contributed by atoms with Crippen LogP contribution < -0.4 is 16.4 Å². The Morgan fingerprint density at radius 1 is 1.06 bits per heavy atom. The molecule has 5 atom stereocenters. The van der Waals surface area contributed by atoms with Crippen LogP contribution in [0.15, 0.2) is 119 Å². The molecule has 3 unspecified atom stereocenters. The maximum Gasteiger partial charge on any atom is 0.255 e. The summed E-state index contributed by atoms with van der Waals surface area (Å²) in [5, 5.41) is 10.0. The summed E-state index contributed by atoms with van der Waals surface area (Å²) in [7, 11) is 3.12. The van der Waals surface area contributed by atoms with E-state index in [1.54, 1.807) is 75.6 Å². The van der Waals surface area contributed by atoms with Gasteiger partial charge in [-0.2, -0.15) is 0 Å². The molecule has 0 aliphatic heterocycles. The first-order valence-corrected chi connectivity index (χ1v) is 17.7. The number of carbonyl (C=O) groups excluding carboxylic acids is 4. The predicted molar refractivity (Wildman–Crippen MR) is 209 cm³/mol. The lowest BCUT2D eigenvalue weighted by atomic mass is 9.84. The number of rotatable bonds is 22. The van der Waals surface area contributed by atoms with Crippen LogP contribution in [0.3, 0.4) is 0 Å². The number of primary amides is 1. The Bertz CT molecular complexity index is 1670. The van der Waals surface area contributed by atoms with Gasteiger partial charge >= 0.3 is 0 Å². The smallest absolute Gasteiger partial charge is 0.255 e. The molecule has 2 rings (SSSR count). The van der Waals surface area contributed by atoms with E-state index in [2.05, 4.69) is 42.4 Å². The van der Waals surface area contributed by atoms with Crippen LogP contribution in [-0.2, 0) is 28.7 Å². The van der Waals surface area contributed by atoms with E-state index in [0.29, 0.717) is 28.7 Å². The third-order valence-electron chi connectivity index (χ3n) is 8.97. The third-order valence-corrected chi connectivity index (χ3v) is 8.97. The van der Waals surface area contributed by atoms with Crippen LogP contribution >= 0.6 is 0 Å². The summed E-state index contributed by atoms with van der Waals surface area (Å²) >= 11 is 0. The molecule has 1 aliphatic rings. The Morgan fingerprint density at radius 3 is 2.30 bits per heavy atom. The van der Waals surface area contributed by atoms with E-state index >= 15 is 0 Å². The fraction of sp³-hybridized carbons (Fsp3) is 0.405. The van der Waals surface area contributed by atoms with Gasteiger partial charge in [-0.25, -0.2) is 0 Å². The van der Waals surface area contributed by atoms with Crippen molar-refractivity contribution in [2.75, 3.05) is 20.8 Å². The van der Waals surface area contributed by atoms with Crippen molar-refractivity contribution in [1.82, 2.24) is 10.6 Å². The molecular formula is C42H56N4O7. The van der Waals surface area contributed by atoms with Gasteiger partial charge in [-0.3, -0.25) is 19.2 Å². The van der Waals surface area contributed by atoms with Gasteiger partial charge in [-0.1, -0.05) is 93.7 Å². The van der Waals surface area contributed by atoms with Gasteiger partial charge in [0.2, 0.25) is 11.7 Å². The quantitative estimate of drug-likeness (QED) is 0.0310. The van der Waals surface area contributed by atoms with Crippen LogP contribution in [-0.4, -0.2) is 62.3 Å². The van der Waals surface area contributed by atoms with Crippen LogP contribution in [0.25, 0.3) is 0 Å². The molecule has 3 amide bonds. The Morgan fingerprint density at radius 2 is 1.74 bits per heavy atom. The lowest BCUT2D eigenvalue weighted by molar-refractivity contribution is -0.119. The number of hydrogen-bond acceptors (Lipinski definition) is 8. The number of hydrogen-bond donors (Lipinski definition) is 3. The fourth-order valence-corrected chi connectivity index (χ4v) is 5.75. The summed E-state index contributed by atoms with van der Waals surface area (Å²) in [6.45, 7) is 21.5. The largest absolute Gasteiger partial charge is 0.392 e. The molecule has 0 saturated carbocycles. The minimum Gasteiger partial charge on any atom is -0.392 e. The van der Waals surface area contributed by atoms with Crippen molar-refractivity contribution in [3.05, 3.63) is 120 Å².